The monoisotopic (exact) mass is 253 g/mol. The van der Waals surface area contributed by atoms with Crippen molar-refractivity contribution in [3.05, 3.63) is 0 Å². The van der Waals surface area contributed by atoms with E-state index in [4.69, 9.17) is 10.7 Å². The minimum Gasteiger partial charge on any atom is -0.298 e. The molecule has 0 amide bonds. The van der Waals surface area contributed by atoms with Gasteiger partial charge in [-0.15, -0.1) is 0 Å². The van der Waals surface area contributed by atoms with Gasteiger partial charge in [0.2, 0.25) is 9.05 Å². The van der Waals surface area contributed by atoms with Crippen molar-refractivity contribution in [2.45, 2.75) is 12.6 Å². The second kappa shape index (κ2) is 5.18. The first kappa shape index (κ1) is 14.0. The molecule has 0 bridgehead atoms. The Bertz CT molecular complexity index is 265. The number of halogens is 4. The fraction of sp³-hybridized carbons (Fsp3) is 1.00. The third kappa shape index (κ3) is 10.1. The molecule has 8 heteroatoms. The van der Waals surface area contributed by atoms with Crippen LogP contribution < -0.4 is 0 Å². The summed E-state index contributed by atoms with van der Waals surface area (Å²) in [6.45, 7) is -0.999. The van der Waals surface area contributed by atoms with Crippen molar-refractivity contribution >= 4 is 19.7 Å². The standard InChI is InChI=1S/C6H11ClF3NO2S/c1-11(5-6(8,9)10)3-2-4-14(7,12)13/h2-5H2,1H3. The van der Waals surface area contributed by atoms with Crippen LogP contribution in [0.5, 0.6) is 0 Å². The Hall–Kier alpha value is -0.0100. The Morgan fingerprint density at radius 1 is 1.36 bits per heavy atom. The van der Waals surface area contributed by atoms with Gasteiger partial charge in [-0.2, -0.15) is 13.2 Å². The van der Waals surface area contributed by atoms with Crippen molar-refractivity contribution in [3.63, 3.8) is 0 Å². The predicted octanol–water partition coefficient (Wildman–Crippen LogP) is 1.44. The van der Waals surface area contributed by atoms with Crippen LogP contribution in [-0.4, -0.2) is 45.4 Å². The number of hydrogen-bond donors (Lipinski definition) is 0. The molecule has 0 rings (SSSR count). The summed E-state index contributed by atoms with van der Waals surface area (Å²) in [6, 6.07) is 0. The number of alkyl halides is 3. The molecule has 0 atom stereocenters. The Balaban J connectivity index is 3.71. The zero-order valence-electron chi connectivity index (χ0n) is 7.51. The molecule has 14 heavy (non-hydrogen) atoms. The minimum atomic E-state index is -4.26. The molecule has 0 aromatic rings. The van der Waals surface area contributed by atoms with Crippen LogP contribution in [0.2, 0.25) is 0 Å². The zero-order valence-corrected chi connectivity index (χ0v) is 9.08. The molecule has 0 spiro atoms. The topological polar surface area (TPSA) is 37.4 Å². The highest BCUT2D eigenvalue weighted by Crippen LogP contribution is 2.15. The van der Waals surface area contributed by atoms with Gasteiger partial charge in [0.15, 0.2) is 0 Å². The van der Waals surface area contributed by atoms with Crippen LogP contribution in [0.15, 0.2) is 0 Å². The molecule has 86 valence electrons. The van der Waals surface area contributed by atoms with Gasteiger partial charge in [0, 0.05) is 10.7 Å². The SMILES string of the molecule is CN(CCCS(=O)(=O)Cl)CC(F)(F)F. The van der Waals surface area contributed by atoms with Crippen molar-refractivity contribution in [3.8, 4) is 0 Å². The number of rotatable bonds is 5. The van der Waals surface area contributed by atoms with Crippen molar-refractivity contribution in [2.75, 3.05) is 25.9 Å². The summed E-state index contributed by atoms with van der Waals surface area (Å²) in [5.41, 5.74) is 0. The normalized spacial score (nSPS) is 13.6. The Morgan fingerprint density at radius 3 is 2.21 bits per heavy atom. The van der Waals surface area contributed by atoms with E-state index >= 15 is 0 Å². The van der Waals surface area contributed by atoms with Crippen LogP contribution in [-0.2, 0) is 9.05 Å². The molecule has 0 N–H and O–H groups in total. The fourth-order valence-corrected chi connectivity index (χ4v) is 1.69. The van der Waals surface area contributed by atoms with Gasteiger partial charge in [0.25, 0.3) is 0 Å². The van der Waals surface area contributed by atoms with E-state index in [2.05, 4.69) is 0 Å². The highest BCUT2D eigenvalue weighted by molar-refractivity contribution is 8.13. The van der Waals surface area contributed by atoms with Crippen LogP contribution in [0.1, 0.15) is 6.42 Å². The lowest BCUT2D eigenvalue weighted by molar-refractivity contribution is -0.142. The maximum atomic E-state index is 11.8. The van der Waals surface area contributed by atoms with Crippen molar-refractivity contribution in [1.82, 2.24) is 4.90 Å². The van der Waals surface area contributed by atoms with E-state index in [9.17, 15) is 21.6 Å². The zero-order chi connectivity index (χ0) is 11.4. The lowest BCUT2D eigenvalue weighted by Gasteiger charge is -2.17. The van der Waals surface area contributed by atoms with E-state index in [-0.39, 0.29) is 18.7 Å². The van der Waals surface area contributed by atoms with Crippen LogP contribution >= 0.6 is 10.7 Å². The summed E-state index contributed by atoms with van der Waals surface area (Å²) in [6.07, 6.45) is -4.16. The third-order valence-corrected chi connectivity index (χ3v) is 2.62. The molecule has 0 saturated heterocycles. The summed E-state index contributed by atoms with van der Waals surface area (Å²) >= 11 is 0. The first-order valence-electron chi connectivity index (χ1n) is 3.78. The highest BCUT2D eigenvalue weighted by Gasteiger charge is 2.28. The van der Waals surface area contributed by atoms with Crippen LogP contribution in [0, 0.1) is 0 Å². The van der Waals surface area contributed by atoms with Crippen molar-refractivity contribution in [2.24, 2.45) is 0 Å². The van der Waals surface area contributed by atoms with Gasteiger partial charge >= 0.3 is 6.18 Å². The van der Waals surface area contributed by atoms with Gasteiger partial charge in [0.1, 0.15) is 0 Å². The molecule has 0 fully saturated rings. The Morgan fingerprint density at radius 2 is 1.86 bits per heavy atom. The molecule has 3 nitrogen and oxygen atoms in total. The first-order chi connectivity index (χ1) is 6.10. The van der Waals surface area contributed by atoms with Gasteiger partial charge in [-0.05, 0) is 20.0 Å². The molecule has 0 aromatic heterocycles. The molecule has 0 unspecified atom stereocenters. The Labute approximate surface area is 85.3 Å². The van der Waals surface area contributed by atoms with Crippen LogP contribution in [0.25, 0.3) is 0 Å². The number of hydrogen-bond acceptors (Lipinski definition) is 3. The minimum absolute atomic E-state index is 0.0471. The summed E-state index contributed by atoms with van der Waals surface area (Å²) in [4.78, 5) is 1.00. The van der Waals surface area contributed by atoms with Crippen LogP contribution in [0.4, 0.5) is 13.2 Å². The largest absolute Gasteiger partial charge is 0.401 e. The van der Waals surface area contributed by atoms with E-state index in [0.717, 1.165) is 4.90 Å². The van der Waals surface area contributed by atoms with E-state index in [1.54, 1.807) is 0 Å². The molecular formula is C6H11ClF3NO2S. The summed E-state index contributed by atoms with van der Waals surface area (Å²) < 4.78 is 56.2. The van der Waals surface area contributed by atoms with Crippen molar-refractivity contribution in [1.29, 1.82) is 0 Å². The second-order valence-electron chi connectivity index (χ2n) is 2.95. The summed E-state index contributed by atoms with van der Waals surface area (Å²) in [5, 5.41) is 0. The van der Waals surface area contributed by atoms with Gasteiger partial charge in [0.05, 0.1) is 12.3 Å². The van der Waals surface area contributed by atoms with E-state index in [1.807, 2.05) is 0 Å². The molecule has 0 aliphatic carbocycles. The van der Waals surface area contributed by atoms with E-state index in [0.29, 0.717) is 0 Å². The maximum absolute atomic E-state index is 11.8. The van der Waals surface area contributed by atoms with Crippen LogP contribution in [0.3, 0.4) is 0 Å². The predicted molar refractivity (Wildman–Crippen MR) is 47.8 cm³/mol. The lowest BCUT2D eigenvalue weighted by atomic mass is 10.4. The van der Waals surface area contributed by atoms with Gasteiger partial charge in [-0.25, -0.2) is 8.42 Å². The molecule has 0 aromatic carbocycles. The van der Waals surface area contributed by atoms with E-state index < -0.39 is 21.8 Å². The lowest BCUT2D eigenvalue weighted by Crippen LogP contribution is -2.32. The number of nitrogens with zero attached hydrogens (tertiary/aromatic N) is 1. The summed E-state index contributed by atoms with van der Waals surface area (Å²) in [7, 11) is 2.55. The third-order valence-electron chi connectivity index (χ3n) is 1.38. The average molecular weight is 254 g/mol. The molecule has 0 radical (unpaired) electrons. The smallest absolute Gasteiger partial charge is 0.298 e. The molecule has 0 aliphatic rings. The first-order valence-corrected chi connectivity index (χ1v) is 6.25. The summed E-state index contributed by atoms with van der Waals surface area (Å²) in [5.74, 6) is -0.309. The second-order valence-corrected chi connectivity index (χ2v) is 5.85. The maximum Gasteiger partial charge on any atom is 0.401 e. The van der Waals surface area contributed by atoms with E-state index in [1.165, 1.54) is 7.05 Å². The van der Waals surface area contributed by atoms with Gasteiger partial charge in [-0.1, -0.05) is 0 Å². The van der Waals surface area contributed by atoms with Crippen molar-refractivity contribution < 1.29 is 21.6 Å². The highest BCUT2D eigenvalue weighted by atomic mass is 35.7. The molecule has 0 aliphatic heterocycles. The average Bonchev–Trinajstić information content (AvgIpc) is 1.78. The fourth-order valence-electron chi connectivity index (χ4n) is 0.892. The molecule has 0 saturated carbocycles. The quantitative estimate of drug-likeness (QED) is 0.696. The molecular weight excluding hydrogens is 243 g/mol. The Kier molecular flexibility index (Phi) is 5.17. The van der Waals surface area contributed by atoms with Gasteiger partial charge < -0.3 is 0 Å². The van der Waals surface area contributed by atoms with Gasteiger partial charge in [-0.3, -0.25) is 4.90 Å². The molecule has 0 heterocycles.